The molecule has 0 bridgehead atoms. The number of anilines is 2. The number of rotatable bonds is 7. The lowest BCUT2D eigenvalue weighted by Crippen LogP contribution is -2.22. The van der Waals surface area contributed by atoms with Gasteiger partial charge < -0.3 is 15.0 Å². The lowest BCUT2D eigenvalue weighted by atomic mass is 10.3. The van der Waals surface area contributed by atoms with Crippen LogP contribution >= 0.6 is 0 Å². The first-order valence-corrected chi connectivity index (χ1v) is 5.75. The molecular formula is C12H21N3O. The highest BCUT2D eigenvalue weighted by molar-refractivity contribution is 5.55. The van der Waals surface area contributed by atoms with Crippen LogP contribution in [0.5, 0.6) is 0 Å². The minimum absolute atomic E-state index is 0.748. The quantitative estimate of drug-likeness (QED) is 0.717. The Morgan fingerprint density at radius 3 is 2.88 bits per heavy atom. The van der Waals surface area contributed by atoms with E-state index in [1.165, 1.54) is 0 Å². The molecule has 0 radical (unpaired) electrons. The standard InChI is InChI=1S/C12H21N3O/c1-4-14-11-8-12(10-13-9-11)15(3)6-7-16-5-2/h8-10,14H,4-7H2,1-3H3. The van der Waals surface area contributed by atoms with E-state index in [4.69, 9.17) is 4.74 Å². The molecule has 0 saturated carbocycles. The number of nitrogens with zero attached hydrogens (tertiary/aromatic N) is 2. The van der Waals surface area contributed by atoms with E-state index in [0.29, 0.717) is 0 Å². The molecule has 0 fully saturated rings. The van der Waals surface area contributed by atoms with Crippen LogP contribution in [-0.2, 0) is 4.74 Å². The first kappa shape index (κ1) is 12.8. The van der Waals surface area contributed by atoms with Gasteiger partial charge in [-0.25, -0.2) is 0 Å². The molecule has 1 heterocycles. The number of hydrogen-bond acceptors (Lipinski definition) is 4. The number of pyridine rings is 1. The summed E-state index contributed by atoms with van der Waals surface area (Å²) in [5, 5.41) is 3.25. The first-order chi connectivity index (χ1) is 7.77. The second-order valence-electron chi connectivity index (χ2n) is 3.58. The molecule has 90 valence electrons. The van der Waals surface area contributed by atoms with Gasteiger partial charge in [0.25, 0.3) is 0 Å². The summed E-state index contributed by atoms with van der Waals surface area (Å²) >= 11 is 0. The maximum atomic E-state index is 5.33. The van der Waals surface area contributed by atoms with Crippen molar-refractivity contribution in [1.82, 2.24) is 4.98 Å². The summed E-state index contributed by atoms with van der Waals surface area (Å²) in [4.78, 5) is 6.35. The molecule has 1 N–H and O–H groups in total. The van der Waals surface area contributed by atoms with Gasteiger partial charge in [-0.1, -0.05) is 0 Å². The Morgan fingerprint density at radius 1 is 1.38 bits per heavy atom. The zero-order valence-electron chi connectivity index (χ0n) is 10.4. The van der Waals surface area contributed by atoms with Crippen molar-refractivity contribution >= 4 is 11.4 Å². The number of hydrogen-bond donors (Lipinski definition) is 1. The van der Waals surface area contributed by atoms with Crippen LogP contribution in [0.1, 0.15) is 13.8 Å². The summed E-state index contributed by atoms with van der Waals surface area (Å²) in [6, 6.07) is 2.10. The Hall–Kier alpha value is -1.29. The largest absolute Gasteiger partial charge is 0.384 e. The Morgan fingerprint density at radius 2 is 2.19 bits per heavy atom. The fraction of sp³-hybridized carbons (Fsp3) is 0.583. The average molecular weight is 223 g/mol. The van der Waals surface area contributed by atoms with E-state index in [0.717, 1.165) is 37.7 Å². The summed E-state index contributed by atoms with van der Waals surface area (Å²) < 4.78 is 5.33. The third-order valence-electron chi connectivity index (χ3n) is 2.32. The van der Waals surface area contributed by atoms with Crippen LogP contribution < -0.4 is 10.2 Å². The van der Waals surface area contributed by atoms with Crippen molar-refractivity contribution in [2.24, 2.45) is 0 Å². The van der Waals surface area contributed by atoms with Crippen LogP contribution in [0.3, 0.4) is 0 Å². The van der Waals surface area contributed by atoms with Crippen molar-refractivity contribution in [3.63, 3.8) is 0 Å². The molecule has 0 saturated heterocycles. The second-order valence-corrected chi connectivity index (χ2v) is 3.58. The third kappa shape index (κ3) is 4.06. The van der Waals surface area contributed by atoms with Gasteiger partial charge >= 0.3 is 0 Å². The van der Waals surface area contributed by atoms with Crippen LogP contribution in [0.2, 0.25) is 0 Å². The molecule has 0 spiro atoms. The van der Waals surface area contributed by atoms with Gasteiger partial charge in [-0.05, 0) is 19.9 Å². The summed E-state index contributed by atoms with van der Waals surface area (Å²) in [6.07, 6.45) is 3.70. The Labute approximate surface area is 97.6 Å². The zero-order valence-corrected chi connectivity index (χ0v) is 10.4. The van der Waals surface area contributed by atoms with E-state index < -0.39 is 0 Å². The van der Waals surface area contributed by atoms with Gasteiger partial charge in [-0.2, -0.15) is 0 Å². The van der Waals surface area contributed by atoms with Crippen molar-refractivity contribution in [3.8, 4) is 0 Å². The van der Waals surface area contributed by atoms with Crippen LogP contribution in [-0.4, -0.2) is 38.3 Å². The molecule has 0 amide bonds. The van der Waals surface area contributed by atoms with Crippen LogP contribution in [0.25, 0.3) is 0 Å². The Bertz CT molecular complexity index is 304. The lowest BCUT2D eigenvalue weighted by molar-refractivity contribution is 0.154. The number of aromatic nitrogens is 1. The van der Waals surface area contributed by atoms with Crippen molar-refractivity contribution in [3.05, 3.63) is 18.5 Å². The molecule has 0 aliphatic carbocycles. The predicted octanol–water partition coefficient (Wildman–Crippen LogP) is 1.99. The summed E-state index contributed by atoms with van der Waals surface area (Å²) in [5.74, 6) is 0. The summed E-state index contributed by atoms with van der Waals surface area (Å²) in [7, 11) is 2.05. The molecule has 0 aliphatic heterocycles. The Balaban J connectivity index is 2.53. The van der Waals surface area contributed by atoms with Gasteiger partial charge in [0.1, 0.15) is 0 Å². The predicted molar refractivity (Wildman–Crippen MR) is 68.2 cm³/mol. The number of likely N-dealkylation sites (N-methyl/N-ethyl adjacent to an activating group) is 1. The monoisotopic (exact) mass is 223 g/mol. The molecule has 4 nitrogen and oxygen atoms in total. The average Bonchev–Trinajstić information content (AvgIpc) is 2.30. The normalized spacial score (nSPS) is 10.2. The van der Waals surface area contributed by atoms with E-state index in [1.54, 1.807) is 0 Å². The highest BCUT2D eigenvalue weighted by atomic mass is 16.5. The molecule has 0 unspecified atom stereocenters. The van der Waals surface area contributed by atoms with Gasteiger partial charge in [0.2, 0.25) is 0 Å². The first-order valence-electron chi connectivity index (χ1n) is 5.75. The van der Waals surface area contributed by atoms with Gasteiger partial charge in [-0.15, -0.1) is 0 Å². The van der Waals surface area contributed by atoms with E-state index in [1.807, 2.05) is 26.4 Å². The lowest BCUT2D eigenvalue weighted by Gasteiger charge is -2.19. The third-order valence-corrected chi connectivity index (χ3v) is 2.32. The second kappa shape index (κ2) is 7.06. The summed E-state index contributed by atoms with van der Waals surface area (Å²) in [5.41, 5.74) is 2.17. The van der Waals surface area contributed by atoms with Gasteiger partial charge in [0.15, 0.2) is 0 Å². The maximum absolute atomic E-state index is 5.33. The van der Waals surface area contributed by atoms with Gasteiger partial charge in [0.05, 0.1) is 30.4 Å². The molecule has 0 aliphatic rings. The van der Waals surface area contributed by atoms with Crippen LogP contribution in [0, 0.1) is 0 Å². The number of ether oxygens (including phenoxy) is 1. The molecule has 1 aromatic rings. The van der Waals surface area contributed by atoms with E-state index in [9.17, 15) is 0 Å². The molecule has 1 aromatic heterocycles. The molecule has 4 heteroatoms. The van der Waals surface area contributed by atoms with Crippen molar-refractivity contribution in [1.29, 1.82) is 0 Å². The molecule has 16 heavy (non-hydrogen) atoms. The fourth-order valence-electron chi connectivity index (χ4n) is 1.41. The molecular weight excluding hydrogens is 202 g/mol. The Kier molecular flexibility index (Phi) is 5.64. The van der Waals surface area contributed by atoms with Crippen LogP contribution in [0.15, 0.2) is 18.5 Å². The van der Waals surface area contributed by atoms with Crippen molar-refractivity contribution < 1.29 is 4.74 Å². The van der Waals surface area contributed by atoms with E-state index >= 15 is 0 Å². The highest BCUT2D eigenvalue weighted by Crippen LogP contribution is 2.15. The SMILES string of the molecule is CCNc1cncc(N(C)CCOCC)c1. The highest BCUT2D eigenvalue weighted by Gasteiger charge is 2.01. The smallest absolute Gasteiger partial charge is 0.0641 e. The van der Waals surface area contributed by atoms with E-state index in [2.05, 4.69) is 28.2 Å². The minimum atomic E-state index is 0.748. The molecule has 0 aromatic carbocycles. The van der Waals surface area contributed by atoms with Gasteiger partial charge in [-0.3, -0.25) is 4.98 Å². The zero-order chi connectivity index (χ0) is 11.8. The van der Waals surface area contributed by atoms with Gasteiger partial charge in [0, 0.05) is 26.7 Å². The summed E-state index contributed by atoms with van der Waals surface area (Å²) in [6.45, 7) is 7.39. The fourth-order valence-corrected chi connectivity index (χ4v) is 1.41. The van der Waals surface area contributed by atoms with Crippen molar-refractivity contribution in [2.75, 3.05) is 43.6 Å². The van der Waals surface area contributed by atoms with E-state index in [-0.39, 0.29) is 0 Å². The molecule has 0 atom stereocenters. The topological polar surface area (TPSA) is 37.4 Å². The van der Waals surface area contributed by atoms with Crippen molar-refractivity contribution in [2.45, 2.75) is 13.8 Å². The molecule has 1 rings (SSSR count). The van der Waals surface area contributed by atoms with Crippen LogP contribution in [0.4, 0.5) is 11.4 Å². The maximum Gasteiger partial charge on any atom is 0.0641 e. The number of nitrogens with one attached hydrogen (secondary N) is 1. The minimum Gasteiger partial charge on any atom is -0.384 e.